The number of hydroxylamine groups is 1. The van der Waals surface area contributed by atoms with Crippen LogP contribution in [0.15, 0.2) is 24.3 Å². The summed E-state index contributed by atoms with van der Waals surface area (Å²) < 4.78 is 0. The van der Waals surface area contributed by atoms with E-state index >= 15 is 0 Å². The first-order chi connectivity index (χ1) is 11.2. The van der Waals surface area contributed by atoms with Crippen LogP contribution in [-0.2, 0) is 9.63 Å². The molecule has 1 aromatic rings. The van der Waals surface area contributed by atoms with E-state index in [1.54, 1.807) is 24.3 Å². The molecule has 0 aliphatic carbocycles. The fourth-order valence-corrected chi connectivity index (χ4v) is 2.87. The maximum Gasteiger partial charge on any atom is 0.263 e. The van der Waals surface area contributed by atoms with Gasteiger partial charge in [-0.15, -0.1) is 0 Å². The normalized spacial score (nSPS) is 17.7. The fraction of sp³-hybridized carbons (Fsp3) is 0.438. The zero-order chi connectivity index (χ0) is 16.2. The number of imide groups is 1. The van der Waals surface area contributed by atoms with Crippen LogP contribution in [0.2, 0.25) is 0 Å². The summed E-state index contributed by atoms with van der Waals surface area (Å²) in [5.41, 5.74) is 2.96. The Morgan fingerprint density at radius 2 is 1.70 bits per heavy atom. The van der Waals surface area contributed by atoms with Crippen LogP contribution < -0.4 is 5.48 Å². The molecule has 122 valence electrons. The topological polar surface area (TPSA) is 79.0 Å². The van der Waals surface area contributed by atoms with Gasteiger partial charge in [-0.05, 0) is 38.1 Å². The average molecular weight is 317 g/mol. The molecule has 0 radical (unpaired) electrons. The van der Waals surface area contributed by atoms with Crippen molar-refractivity contribution in [2.75, 3.05) is 32.8 Å². The van der Waals surface area contributed by atoms with Crippen LogP contribution in [0.5, 0.6) is 0 Å². The molecule has 0 atom stereocenters. The maximum absolute atomic E-state index is 12.1. The van der Waals surface area contributed by atoms with Crippen LogP contribution in [-0.4, -0.2) is 60.3 Å². The first kappa shape index (κ1) is 15.6. The predicted octanol–water partition coefficient (Wildman–Crippen LogP) is 0.426. The summed E-state index contributed by atoms with van der Waals surface area (Å²) in [6.07, 6.45) is 2.40. The number of fused-ring (bicyclic) bond motifs is 1. The molecular formula is C16H19N3O4. The number of rotatable bonds is 6. The molecule has 0 aromatic heterocycles. The number of nitrogens with one attached hydrogen (secondary N) is 1. The monoisotopic (exact) mass is 317 g/mol. The molecule has 1 aromatic carbocycles. The smallest absolute Gasteiger partial charge is 0.263 e. The predicted molar refractivity (Wildman–Crippen MR) is 81.6 cm³/mol. The molecule has 23 heavy (non-hydrogen) atoms. The number of hydrogen-bond acceptors (Lipinski definition) is 5. The minimum atomic E-state index is -0.513. The third kappa shape index (κ3) is 3.40. The lowest BCUT2D eigenvalue weighted by Gasteiger charge is -2.16. The van der Waals surface area contributed by atoms with Gasteiger partial charge < -0.3 is 4.90 Å². The second-order valence-corrected chi connectivity index (χ2v) is 5.66. The molecule has 3 rings (SSSR count). The highest BCUT2D eigenvalue weighted by Crippen LogP contribution is 2.21. The number of nitrogens with zero attached hydrogens (tertiary/aromatic N) is 2. The Balaban J connectivity index is 1.45. The molecule has 1 N–H and O–H groups in total. The first-order valence-electron chi connectivity index (χ1n) is 7.75. The van der Waals surface area contributed by atoms with E-state index in [2.05, 4.69) is 10.4 Å². The third-order valence-electron chi connectivity index (χ3n) is 4.07. The van der Waals surface area contributed by atoms with Crippen molar-refractivity contribution < 1.29 is 19.2 Å². The van der Waals surface area contributed by atoms with Gasteiger partial charge >= 0.3 is 0 Å². The van der Waals surface area contributed by atoms with Crippen molar-refractivity contribution in [1.82, 2.24) is 15.3 Å². The van der Waals surface area contributed by atoms with Crippen LogP contribution in [0.4, 0.5) is 0 Å². The van der Waals surface area contributed by atoms with E-state index in [1.165, 1.54) is 12.8 Å². The molecule has 1 saturated heterocycles. The van der Waals surface area contributed by atoms with Gasteiger partial charge in [-0.1, -0.05) is 12.1 Å². The van der Waals surface area contributed by atoms with E-state index in [0.29, 0.717) is 17.7 Å². The maximum atomic E-state index is 12.1. The molecule has 3 amide bonds. The first-order valence-corrected chi connectivity index (χ1v) is 7.75. The minimum absolute atomic E-state index is 0.334. The lowest BCUT2D eigenvalue weighted by Crippen LogP contribution is -2.41. The Kier molecular flexibility index (Phi) is 4.68. The summed E-state index contributed by atoms with van der Waals surface area (Å²) in [5, 5.41) is 0. The van der Waals surface area contributed by atoms with Crippen molar-refractivity contribution in [2.45, 2.75) is 12.8 Å². The highest BCUT2D eigenvalue weighted by Gasteiger charge is 2.36. The molecule has 0 bridgehead atoms. The fourth-order valence-electron chi connectivity index (χ4n) is 2.87. The van der Waals surface area contributed by atoms with Gasteiger partial charge in [0.1, 0.15) is 6.54 Å². The van der Waals surface area contributed by atoms with Crippen LogP contribution in [0.3, 0.4) is 0 Å². The summed E-state index contributed by atoms with van der Waals surface area (Å²) in [6, 6.07) is 6.55. The van der Waals surface area contributed by atoms with E-state index in [9.17, 15) is 14.4 Å². The van der Waals surface area contributed by atoms with Gasteiger partial charge in [-0.2, -0.15) is 0 Å². The number of benzene rings is 1. The van der Waals surface area contributed by atoms with Crippen LogP contribution in [0, 0.1) is 0 Å². The Labute approximate surface area is 134 Å². The number of carbonyl (C=O) groups is 3. The quantitative estimate of drug-likeness (QED) is 0.467. The third-order valence-corrected chi connectivity index (χ3v) is 4.07. The van der Waals surface area contributed by atoms with Gasteiger partial charge in [0.05, 0.1) is 17.7 Å². The average Bonchev–Trinajstić information content (AvgIpc) is 3.15. The zero-order valence-electron chi connectivity index (χ0n) is 12.8. The van der Waals surface area contributed by atoms with Gasteiger partial charge in [-0.25, -0.2) is 5.48 Å². The van der Waals surface area contributed by atoms with E-state index in [1.807, 2.05) is 0 Å². The van der Waals surface area contributed by atoms with Crippen molar-refractivity contribution in [2.24, 2.45) is 0 Å². The molecule has 7 nitrogen and oxygen atoms in total. The van der Waals surface area contributed by atoms with E-state index in [4.69, 9.17) is 4.84 Å². The van der Waals surface area contributed by atoms with Crippen LogP contribution in [0.1, 0.15) is 33.6 Å². The Hall–Kier alpha value is -2.25. The van der Waals surface area contributed by atoms with Crippen molar-refractivity contribution in [3.63, 3.8) is 0 Å². The summed E-state index contributed by atoms with van der Waals surface area (Å²) in [6.45, 7) is 2.93. The summed E-state index contributed by atoms with van der Waals surface area (Å²) >= 11 is 0. The van der Waals surface area contributed by atoms with Gasteiger partial charge in [-0.3, -0.25) is 24.1 Å². The van der Waals surface area contributed by atoms with Crippen molar-refractivity contribution in [3.8, 4) is 0 Å². The number of likely N-dealkylation sites (tertiary alicyclic amines) is 1. The van der Waals surface area contributed by atoms with Crippen LogP contribution in [0.25, 0.3) is 0 Å². The van der Waals surface area contributed by atoms with Gasteiger partial charge in [0, 0.05) is 6.54 Å². The van der Waals surface area contributed by atoms with Gasteiger partial charge in [0.2, 0.25) is 0 Å². The molecule has 1 fully saturated rings. The summed E-state index contributed by atoms with van der Waals surface area (Å²) in [7, 11) is 0. The van der Waals surface area contributed by atoms with E-state index in [0.717, 1.165) is 24.5 Å². The van der Waals surface area contributed by atoms with Crippen molar-refractivity contribution in [3.05, 3.63) is 35.4 Å². The second-order valence-electron chi connectivity index (χ2n) is 5.66. The standard InChI is InChI=1S/C16H19N3O4/c20-14(17-23-10-9-18-7-3-4-8-18)11-19-15(21)12-5-1-2-6-13(12)16(19)22/h1-2,5-6H,3-4,7-11H2,(H,17,20). The minimum Gasteiger partial charge on any atom is -0.301 e. The molecule has 2 heterocycles. The van der Waals surface area contributed by atoms with E-state index in [-0.39, 0.29) is 6.54 Å². The largest absolute Gasteiger partial charge is 0.301 e. The Morgan fingerprint density at radius 3 is 2.30 bits per heavy atom. The second kappa shape index (κ2) is 6.89. The molecular weight excluding hydrogens is 298 g/mol. The molecule has 0 saturated carbocycles. The van der Waals surface area contributed by atoms with E-state index < -0.39 is 17.7 Å². The lowest BCUT2D eigenvalue weighted by atomic mass is 10.1. The van der Waals surface area contributed by atoms with Crippen molar-refractivity contribution >= 4 is 17.7 Å². The molecule has 7 heteroatoms. The zero-order valence-corrected chi connectivity index (χ0v) is 12.8. The summed E-state index contributed by atoms with van der Waals surface area (Å²) in [5.74, 6) is -1.41. The Bertz CT molecular complexity index is 591. The Morgan fingerprint density at radius 1 is 1.09 bits per heavy atom. The number of carbonyl (C=O) groups excluding carboxylic acids is 3. The van der Waals surface area contributed by atoms with Gasteiger partial charge in [0.15, 0.2) is 0 Å². The molecule has 0 unspecified atom stereocenters. The van der Waals surface area contributed by atoms with Crippen LogP contribution >= 0.6 is 0 Å². The number of amides is 3. The van der Waals surface area contributed by atoms with Crippen molar-refractivity contribution in [1.29, 1.82) is 0 Å². The molecule has 0 spiro atoms. The highest BCUT2D eigenvalue weighted by molar-refractivity contribution is 6.22. The number of hydrogen-bond donors (Lipinski definition) is 1. The molecule has 2 aliphatic heterocycles. The molecule has 2 aliphatic rings. The SMILES string of the molecule is O=C(CN1C(=O)c2ccccc2C1=O)NOCCN1CCCC1. The van der Waals surface area contributed by atoms with Gasteiger partial charge in [0.25, 0.3) is 17.7 Å². The highest BCUT2D eigenvalue weighted by atomic mass is 16.7. The summed E-state index contributed by atoms with van der Waals surface area (Å²) in [4.78, 5) is 44.4. The lowest BCUT2D eigenvalue weighted by molar-refractivity contribution is -0.134.